The minimum atomic E-state index is 0.0199. The third kappa shape index (κ3) is 4.05. The number of hydrogen-bond acceptors (Lipinski definition) is 3. The predicted molar refractivity (Wildman–Crippen MR) is 93.3 cm³/mol. The van der Waals surface area contributed by atoms with Crippen molar-refractivity contribution in [3.8, 4) is 0 Å². The molecule has 1 aromatic carbocycles. The average molecular weight is 320 g/mol. The van der Waals surface area contributed by atoms with Gasteiger partial charge in [0.05, 0.1) is 6.42 Å². The van der Waals surface area contributed by atoms with Gasteiger partial charge in [-0.3, -0.25) is 4.79 Å². The quantitative estimate of drug-likeness (QED) is 0.785. The lowest BCUT2D eigenvalue weighted by atomic mass is 10.1. The number of thioether (sulfide) groups is 1. The van der Waals surface area contributed by atoms with Crippen LogP contribution in [0.3, 0.4) is 0 Å². The zero-order valence-electron chi connectivity index (χ0n) is 13.2. The van der Waals surface area contributed by atoms with Crippen molar-refractivity contribution in [3.05, 3.63) is 36.0 Å². The van der Waals surface area contributed by atoms with E-state index in [0.717, 1.165) is 23.2 Å². The zero-order valence-corrected chi connectivity index (χ0v) is 14.0. The van der Waals surface area contributed by atoms with Crippen LogP contribution >= 0.6 is 11.8 Å². The molecule has 22 heavy (non-hydrogen) atoms. The summed E-state index contributed by atoms with van der Waals surface area (Å²) in [5.41, 5.74) is 2.23. The van der Waals surface area contributed by atoms with Gasteiger partial charge in [0.1, 0.15) is 0 Å². The third-order valence-corrected chi connectivity index (χ3v) is 4.51. The van der Waals surface area contributed by atoms with Gasteiger partial charge in [0.15, 0.2) is 0 Å². The highest BCUT2D eigenvalue weighted by Crippen LogP contribution is 2.21. The van der Waals surface area contributed by atoms with Gasteiger partial charge in [-0.05, 0) is 31.2 Å². The Labute approximate surface area is 135 Å². The molecule has 0 aliphatic carbocycles. The number of rotatable bonds is 8. The Morgan fingerprint density at radius 3 is 2.86 bits per heavy atom. The van der Waals surface area contributed by atoms with Crippen LogP contribution in [0.2, 0.25) is 0 Å². The van der Waals surface area contributed by atoms with Crippen molar-refractivity contribution in [1.29, 1.82) is 0 Å². The minimum Gasteiger partial charge on any atom is -0.396 e. The highest BCUT2D eigenvalue weighted by Gasteiger charge is 2.14. The Morgan fingerprint density at radius 2 is 2.18 bits per heavy atom. The number of carbonyl (C=O) groups excluding carboxylic acids is 1. The van der Waals surface area contributed by atoms with Crippen LogP contribution in [0.15, 0.2) is 30.5 Å². The number of carbonyl (C=O) groups is 1. The Hall–Kier alpha value is -1.46. The van der Waals surface area contributed by atoms with Gasteiger partial charge in [-0.15, -0.1) is 0 Å². The van der Waals surface area contributed by atoms with Crippen molar-refractivity contribution in [3.63, 3.8) is 0 Å². The second kappa shape index (κ2) is 8.25. The molecule has 2 rings (SSSR count). The molecule has 1 unspecified atom stereocenters. The number of aliphatic hydroxyl groups excluding tert-OH is 1. The number of hydrogen-bond donors (Lipinski definition) is 2. The molecule has 0 saturated carbocycles. The highest BCUT2D eigenvalue weighted by atomic mass is 32.2. The van der Waals surface area contributed by atoms with Gasteiger partial charge >= 0.3 is 0 Å². The monoisotopic (exact) mass is 320 g/mol. The van der Waals surface area contributed by atoms with Crippen LogP contribution < -0.4 is 5.32 Å². The maximum Gasteiger partial charge on any atom is 0.224 e. The molecule has 2 aromatic rings. The van der Waals surface area contributed by atoms with Gasteiger partial charge < -0.3 is 15.0 Å². The Balaban J connectivity index is 2.11. The van der Waals surface area contributed by atoms with E-state index in [1.165, 1.54) is 5.52 Å². The molecular weight excluding hydrogens is 296 g/mol. The lowest BCUT2D eigenvalue weighted by Crippen LogP contribution is -2.38. The van der Waals surface area contributed by atoms with Crippen molar-refractivity contribution in [2.45, 2.75) is 32.4 Å². The Morgan fingerprint density at radius 1 is 1.41 bits per heavy atom. The Kier molecular flexibility index (Phi) is 6.34. The topological polar surface area (TPSA) is 54.3 Å². The van der Waals surface area contributed by atoms with E-state index in [0.29, 0.717) is 12.8 Å². The zero-order chi connectivity index (χ0) is 15.9. The van der Waals surface area contributed by atoms with Crippen molar-refractivity contribution in [2.75, 3.05) is 18.6 Å². The fraction of sp³-hybridized carbons (Fsp3) is 0.471. The third-order valence-electron chi connectivity index (χ3n) is 3.77. The van der Waals surface area contributed by atoms with E-state index in [-0.39, 0.29) is 18.6 Å². The number of nitrogens with zero attached hydrogens (tertiary/aromatic N) is 1. The standard InChI is InChI=1S/C17H24N2O2S/c1-3-19-11-13(15-6-4-5-7-16(15)19)10-17(21)18-14(8-9-20)12-22-2/h4-7,11,14,20H,3,8-10,12H2,1-2H3,(H,18,21). The maximum absolute atomic E-state index is 12.3. The van der Waals surface area contributed by atoms with Gasteiger partial charge in [-0.2, -0.15) is 11.8 Å². The molecular formula is C17H24N2O2S. The van der Waals surface area contributed by atoms with E-state index in [1.54, 1.807) is 11.8 Å². The summed E-state index contributed by atoms with van der Waals surface area (Å²) in [4.78, 5) is 12.3. The van der Waals surface area contributed by atoms with Crippen LogP contribution in [-0.4, -0.2) is 40.2 Å². The molecule has 0 saturated heterocycles. The summed E-state index contributed by atoms with van der Waals surface area (Å²) in [6.45, 7) is 3.09. The first-order valence-corrected chi connectivity index (χ1v) is 9.04. The van der Waals surface area contributed by atoms with E-state index in [9.17, 15) is 4.79 Å². The number of para-hydroxylation sites is 1. The molecule has 2 N–H and O–H groups in total. The largest absolute Gasteiger partial charge is 0.396 e. The van der Waals surface area contributed by atoms with E-state index in [1.807, 2.05) is 18.4 Å². The first-order valence-electron chi connectivity index (χ1n) is 7.65. The summed E-state index contributed by atoms with van der Waals surface area (Å²) in [5.74, 6) is 0.842. The molecule has 0 fully saturated rings. The van der Waals surface area contributed by atoms with Crippen molar-refractivity contribution in [1.82, 2.24) is 9.88 Å². The molecule has 120 valence electrons. The van der Waals surface area contributed by atoms with Gasteiger partial charge in [0, 0.05) is 42.0 Å². The normalized spacial score (nSPS) is 12.5. The number of aliphatic hydroxyl groups is 1. The molecule has 1 amide bonds. The summed E-state index contributed by atoms with van der Waals surface area (Å²) in [7, 11) is 0. The number of amides is 1. The molecule has 1 aromatic heterocycles. The first-order chi connectivity index (χ1) is 10.7. The second-order valence-corrected chi connectivity index (χ2v) is 6.28. The molecule has 0 aliphatic rings. The minimum absolute atomic E-state index is 0.0199. The molecule has 1 heterocycles. The van der Waals surface area contributed by atoms with Gasteiger partial charge in [-0.25, -0.2) is 0 Å². The van der Waals surface area contributed by atoms with Gasteiger partial charge in [0.25, 0.3) is 0 Å². The van der Waals surface area contributed by atoms with Crippen molar-refractivity contribution < 1.29 is 9.90 Å². The van der Waals surface area contributed by atoms with Gasteiger partial charge in [-0.1, -0.05) is 18.2 Å². The number of aryl methyl sites for hydroxylation is 1. The van der Waals surface area contributed by atoms with Crippen LogP contribution in [0.5, 0.6) is 0 Å². The predicted octanol–water partition coefficient (Wildman–Crippen LogP) is 2.43. The van der Waals surface area contributed by atoms with E-state index in [2.05, 4.69) is 35.1 Å². The fourth-order valence-electron chi connectivity index (χ4n) is 2.73. The first kappa shape index (κ1) is 16.9. The van der Waals surface area contributed by atoms with E-state index in [4.69, 9.17) is 5.11 Å². The number of aromatic nitrogens is 1. The lowest BCUT2D eigenvalue weighted by molar-refractivity contribution is -0.121. The summed E-state index contributed by atoms with van der Waals surface area (Å²) in [6, 6.07) is 8.21. The van der Waals surface area contributed by atoms with Crippen LogP contribution in [-0.2, 0) is 17.8 Å². The molecule has 0 aliphatic heterocycles. The summed E-state index contributed by atoms with van der Waals surface area (Å²) in [6.07, 6.45) is 5.05. The molecule has 5 heteroatoms. The van der Waals surface area contributed by atoms with Crippen LogP contribution in [0.4, 0.5) is 0 Å². The lowest BCUT2D eigenvalue weighted by Gasteiger charge is -2.16. The molecule has 1 atom stereocenters. The highest BCUT2D eigenvalue weighted by molar-refractivity contribution is 7.98. The van der Waals surface area contributed by atoms with Crippen molar-refractivity contribution in [2.24, 2.45) is 0 Å². The van der Waals surface area contributed by atoms with Crippen LogP contribution in [0.1, 0.15) is 18.9 Å². The number of benzene rings is 1. The average Bonchev–Trinajstić information content (AvgIpc) is 2.86. The summed E-state index contributed by atoms with van der Waals surface area (Å²) >= 11 is 1.68. The smallest absolute Gasteiger partial charge is 0.224 e. The maximum atomic E-state index is 12.3. The molecule has 0 bridgehead atoms. The summed E-state index contributed by atoms with van der Waals surface area (Å²) < 4.78 is 2.17. The van der Waals surface area contributed by atoms with E-state index >= 15 is 0 Å². The summed E-state index contributed by atoms with van der Waals surface area (Å²) in [5, 5.41) is 13.3. The molecule has 4 nitrogen and oxygen atoms in total. The van der Waals surface area contributed by atoms with Crippen LogP contribution in [0, 0.1) is 0 Å². The molecule has 0 spiro atoms. The van der Waals surface area contributed by atoms with Gasteiger partial charge in [0.2, 0.25) is 5.91 Å². The van der Waals surface area contributed by atoms with Crippen LogP contribution in [0.25, 0.3) is 10.9 Å². The Bertz CT molecular complexity index is 618. The number of fused-ring (bicyclic) bond motifs is 1. The fourth-order valence-corrected chi connectivity index (χ4v) is 3.38. The SMILES string of the molecule is CCn1cc(CC(=O)NC(CCO)CSC)c2ccccc21. The van der Waals surface area contributed by atoms with Crippen molar-refractivity contribution >= 4 is 28.6 Å². The number of nitrogens with one attached hydrogen (secondary N) is 1. The molecule has 0 radical (unpaired) electrons. The second-order valence-electron chi connectivity index (χ2n) is 5.37. The van der Waals surface area contributed by atoms with E-state index < -0.39 is 0 Å².